The molecule has 0 radical (unpaired) electrons. The van der Waals surface area contributed by atoms with E-state index in [0.29, 0.717) is 0 Å². The van der Waals surface area contributed by atoms with Crippen LogP contribution in [0.2, 0.25) is 0 Å². The van der Waals surface area contributed by atoms with Gasteiger partial charge in [-0.25, -0.2) is 0 Å². The van der Waals surface area contributed by atoms with Gasteiger partial charge in [-0.3, -0.25) is 4.55 Å². The first-order valence-electron chi connectivity index (χ1n) is 4.24. The Hall–Kier alpha value is -0.100. The largest absolute Gasteiger partial charge is 0.353 e. The molecular formula is C9H12BrClO3S. The minimum atomic E-state index is -4.19. The molecule has 0 aromatic heterocycles. The van der Waals surface area contributed by atoms with Gasteiger partial charge >= 0.3 is 9.33 Å². The van der Waals surface area contributed by atoms with Gasteiger partial charge in [0.15, 0.2) is 0 Å². The van der Waals surface area contributed by atoms with Crippen LogP contribution < -0.4 is 0 Å². The average molecular weight is 316 g/mol. The van der Waals surface area contributed by atoms with Crippen molar-refractivity contribution in [2.45, 2.75) is 19.8 Å². The van der Waals surface area contributed by atoms with Gasteiger partial charge < -0.3 is 0 Å². The lowest BCUT2D eigenvalue weighted by Crippen LogP contribution is -1.80. The summed E-state index contributed by atoms with van der Waals surface area (Å²) in [6.45, 7) is 2.20. The molecule has 0 aliphatic carbocycles. The van der Waals surface area contributed by atoms with Crippen LogP contribution in [0.15, 0.2) is 28.7 Å². The van der Waals surface area contributed by atoms with Gasteiger partial charge in [-0.2, -0.15) is 8.42 Å². The summed E-state index contributed by atoms with van der Waals surface area (Å²) in [4.78, 5) is 0. The third kappa shape index (κ3) is 11.8. The lowest BCUT2D eigenvalue weighted by molar-refractivity contribution is 0.501. The number of halogens is 2. The van der Waals surface area contributed by atoms with Crippen LogP contribution in [0.5, 0.6) is 0 Å². The van der Waals surface area contributed by atoms with Crippen molar-refractivity contribution in [3.05, 3.63) is 34.3 Å². The Kier molecular flexibility index (Phi) is 7.17. The monoisotopic (exact) mass is 314 g/mol. The highest BCUT2D eigenvalue weighted by Gasteiger charge is 1.89. The molecule has 1 rings (SSSR count). The maximum Gasteiger partial charge on any atom is 0.353 e. The summed E-state index contributed by atoms with van der Waals surface area (Å²) in [5.41, 5.74) is 1.42. The third-order valence-electron chi connectivity index (χ3n) is 1.45. The highest BCUT2D eigenvalue weighted by atomic mass is 79.9. The predicted molar refractivity (Wildman–Crippen MR) is 65.5 cm³/mol. The maximum atomic E-state index is 8.95. The number of hydrogen-bond donors (Lipinski definition) is 1. The van der Waals surface area contributed by atoms with Crippen LogP contribution in [0.3, 0.4) is 0 Å². The van der Waals surface area contributed by atoms with Crippen molar-refractivity contribution in [1.29, 1.82) is 0 Å². The van der Waals surface area contributed by atoms with E-state index in [2.05, 4.69) is 57.8 Å². The lowest BCUT2D eigenvalue weighted by Gasteiger charge is -1.96. The van der Waals surface area contributed by atoms with E-state index in [-0.39, 0.29) is 0 Å². The van der Waals surface area contributed by atoms with E-state index in [0.717, 1.165) is 4.47 Å². The van der Waals surface area contributed by atoms with Crippen molar-refractivity contribution in [3.8, 4) is 0 Å². The van der Waals surface area contributed by atoms with Crippen molar-refractivity contribution in [1.82, 2.24) is 0 Å². The molecule has 3 nitrogen and oxygen atoms in total. The molecule has 0 aliphatic rings. The van der Waals surface area contributed by atoms with Crippen molar-refractivity contribution < 1.29 is 13.0 Å². The Morgan fingerprint density at radius 2 is 1.73 bits per heavy atom. The van der Waals surface area contributed by atoms with Gasteiger partial charge in [0.1, 0.15) is 0 Å². The summed E-state index contributed by atoms with van der Waals surface area (Å²) in [6, 6.07) is 8.50. The summed E-state index contributed by atoms with van der Waals surface area (Å²) < 4.78 is 26.3. The van der Waals surface area contributed by atoms with Crippen molar-refractivity contribution in [3.63, 3.8) is 0 Å². The van der Waals surface area contributed by atoms with E-state index in [9.17, 15) is 0 Å². The Balaban J connectivity index is 0.000000336. The highest BCUT2D eigenvalue weighted by Crippen LogP contribution is 2.11. The first-order valence-corrected chi connectivity index (χ1v) is 7.30. The zero-order valence-corrected chi connectivity index (χ0v) is 11.3. The van der Waals surface area contributed by atoms with Gasteiger partial charge in [0, 0.05) is 15.2 Å². The fraction of sp³-hybridized carbons (Fsp3) is 0.333. The van der Waals surface area contributed by atoms with E-state index < -0.39 is 9.33 Å². The summed E-state index contributed by atoms with van der Waals surface area (Å²) in [6.07, 6.45) is 2.41. The molecule has 0 unspecified atom stereocenters. The third-order valence-corrected chi connectivity index (χ3v) is 1.98. The second-order valence-corrected chi connectivity index (χ2v) is 5.70. The molecule has 0 atom stereocenters. The molecule has 86 valence electrons. The summed E-state index contributed by atoms with van der Waals surface area (Å²) >= 11 is 3.40. The molecule has 1 aromatic carbocycles. The Morgan fingerprint density at radius 3 is 2.07 bits per heavy atom. The minimum absolute atomic E-state index is 1.16. The first-order chi connectivity index (χ1) is 6.83. The van der Waals surface area contributed by atoms with Crippen molar-refractivity contribution >= 4 is 35.9 Å². The van der Waals surface area contributed by atoms with E-state index in [1.807, 2.05) is 0 Å². The van der Waals surface area contributed by atoms with E-state index in [4.69, 9.17) is 13.0 Å². The predicted octanol–water partition coefficient (Wildman–Crippen LogP) is 3.43. The SMILES string of the molecule is CCCc1ccc(Br)cc1.O=S(=O)(O)Cl. The van der Waals surface area contributed by atoms with Gasteiger partial charge in [0.2, 0.25) is 0 Å². The molecule has 0 spiro atoms. The minimum Gasteiger partial charge on any atom is -0.273 e. The van der Waals surface area contributed by atoms with Crippen LogP contribution in [-0.4, -0.2) is 13.0 Å². The highest BCUT2D eigenvalue weighted by molar-refractivity contribution is 9.10. The molecule has 0 saturated carbocycles. The number of hydrogen-bond acceptors (Lipinski definition) is 2. The van der Waals surface area contributed by atoms with Crippen LogP contribution in [0, 0.1) is 0 Å². The normalized spacial score (nSPS) is 10.4. The summed E-state index contributed by atoms with van der Waals surface area (Å²) in [5, 5.41) is 0. The molecule has 0 saturated heterocycles. The summed E-state index contributed by atoms with van der Waals surface area (Å²) in [5.74, 6) is 0. The van der Waals surface area contributed by atoms with Crippen LogP contribution >= 0.6 is 26.6 Å². The van der Waals surface area contributed by atoms with Gasteiger partial charge in [0.25, 0.3) is 0 Å². The van der Waals surface area contributed by atoms with Gasteiger partial charge in [0.05, 0.1) is 0 Å². The lowest BCUT2D eigenvalue weighted by atomic mass is 10.1. The number of benzene rings is 1. The zero-order chi connectivity index (χ0) is 11.9. The van der Waals surface area contributed by atoms with Gasteiger partial charge in [-0.1, -0.05) is 41.4 Å². The molecule has 0 amide bonds. The van der Waals surface area contributed by atoms with Gasteiger partial charge in [-0.15, -0.1) is 0 Å². The molecule has 15 heavy (non-hydrogen) atoms. The molecule has 6 heteroatoms. The standard InChI is InChI=1S/C9H11Br.ClHO3S/c1-2-3-8-4-6-9(10)7-5-8;1-5(2,3)4/h4-7H,2-3H2,1H3;(H,2,3,4). The molecule has 0 fully saturated rings. The van der Waals surface area contributed by atoms with Crippen LogP contribution in [-0.2, 0) is 15.8 Å². The average Bonchev–Trinajstić information content (AvgIpc) is 2.06. The fourth-order valence-corrected chi connectivity index (χ4v) is 1.20. The quantitative estimate of drug-likeness (QED) is 0.672. The van der Waals surface area contributed by atoms with Crippen LogP contribution in [0.1, 0.15) is 18.9 Å². The van der Waals surface area contributed by atoms with Crippen LogP contribution in [0.4, 0.5) is 0 Å². The zero-order valence-electron chi connectivity index (χ0n) is 8.15. The Bertz CT molecular complexity index is 367. The van der Waals surface area contributed by atoms with E-state index >= 15 is 0 Å². The van der Waals surface area contributed by atoms with Gasteiger partial charge in [-0.05, 0) is 24.1 Å². The number of rotatable bonds is 2. The first kappa shape index (κ1) is 14.9. The summed E-state index contributed by atoms with van der Waals surface area (Å²) in [7, 11) is -0.137. The molecule has 1 aromatic rings. The molecule has 0 aliphatic heterocycles. The fourth-order valence-electron chi connectivity index (χ4n) is 0.940. The van der Waals surface area contributed by atoms with Crippen molar-refractivity contribution in [2.24, 2.45) is 0 Å². The Labute approximate surface area is 103 Å². The molecular weight excluding hydrogens is 304 g/mol. The topological polar surface area (TPSA) is 54.4 Å². The Morgan fingerprint density at radius 1 is 1.33 bits per heavy atom. The van der Waals surface area contributed by atoms with E-state index in [1.54, 1.807) is 0 Å². The smallest absolute Gasteiger partial charge is 0.273 e. The number of aryl methyl sites for hydroxylation is 1. The second kappa shape index (κ2) is 7.22. The van der Waals surface area contributed by atoms with Crippen LogP contribution in [0.25, 0.3) is 0 Å². The molecule has 1 N–H and O–H groups in total. The van der Waals surface area contributed by atoms with Crippen molar-refractivity contribution in [2.75, 3.05) is 0 Å². The van der Waals surface area contributed by atoms with E-state index in [1.165, 1.54) is 18.4 Å². The molecule has 0 bridgehead atoms. The maximum absolute atomic E-state index is 8.95. The second-order valence-electron chi connectivity index (χ2n) is 2.79. The molecule has 0 heterocycles.